The molecule has 1 aliphatic rings. The van der Waals surface area contributed by atoms with Crippen LogP contribution >= 0.6 is 11.6 Å². The summed E-state index contributed by atoms with van der Waals surface area (Å²) in [5.74, 6) is -0.270. The summed E-state index contributed by atoms with van der Waals surface area (Å²) >= 11 is 6.34. The number of amides is 1. The number of nitrogens with zero attached hydrogens (tertiary/aromatic N) is 3. The molecule has 0 bridgehead atoms. The number of hydrogen-bond donors (Lipinski definition) is 1. The number of rotatable bonds is 4. The van der Waals surface area contributed by atoms with E-state index in [9.17, 15) is 18.0 Å². The third-order valence-corrected chi connectivity index (χ3v) is 5.35. The zero-order chi connectivity index (χ0) is 21.5. The Morgan fingerprint density at radius 1 is 1.30 bits per heavy atom. The first-order valence-corrected chi connectivity index (χ1v) is 9.57. The van der Waals surface area contributed by atoms with Crippen molar-refractivity contribution in [2.45, 2.75) is 31.2 Å². The average molecular weight is 439 g/mol. The minimum absolute atomic E-state index is 0.0527. The van der Waals surface area contributed by atoms with Crippen LogP contribution in [0.15, 0.2) is 53.1 Å². The summed E-state index contributed by atoms with van der Waals surface area (Å²) < 4.78 is 47.3. The number of carbonyl (C=O) groups excluding carboxylic acids is 1. The van der Waals surface area contributed by atoms with E-state index in [0.29, 0.717) is 5.76 Å². The maximum Gasteiger partial charge on any atom is 0.410 e. The second kappa shape index (κ2) is 7.71. The van der Waals surface area contributed by atoms with Gasteiger partial charge in [-0.25, -0.2) is 4.68 Å². The van der Waals surface area contributed by atoms with E-state index in [1.807, 2.05) is 30.3 Å². The first-order valence-electron chi connectivity index (χ1n) is 9.19. The number of alkyl halides is 3. The van der Waals surface area contributed by atoms with Gasteiger partial charge >= 0.3 is 6.18 Å². The van der Waals surface area contributed by atoms with Crippen LogP contribution in [-0.4, -0.2) is 33.8 Å². The van der Waals surface area contributed by atoms with E-state index in [0.717, 1.165) is 10.2 Å². The molecule has 30 heavy (non-hydrogen) atoms. The van der Waals surface area contributed by atoms with Gasteiger partial charge in [-0.2, -0.15) is 18.3 Å². The van der Waals surface area contributed by atoms with Gasteiger partial charge in [0.25, 0.3) is 5.91 Å². The monoisotopic (exact) mass is 438 g/mol. The molecule has 1 N–H and O–H groups in total. The van der Waals surface area contributed by atoms with E-state index < -0.39 is 24.2 Å². The molecule has 158 valence electrons. The fraction of sp³-hybridized carbons (Fsp3) is 0.300. The van der Waals surface area contributed by atoms with Gasteiger partial charge in [-0.05, 0) is 17.7 Å². The lowest BCUT2D eigenvalue weighted by Crippen LogP contribution is -2.35. The fourth-order valence-electron chi connectivity index (χ4n) is 3.51. The van der Waals surface area contributed by atoms with Crippen molar-refractivity contribution in [2.24, 2.45) is 0 Å². The summed E-state index contributed by atoms with van der Waals surface area (Å²) in [5, 5.41) is 6.75. The van der Waals surface area contributed by atoms with Crippen LogP contribution in [0, 0.1) is 0 Å². The van der Waals surface area contributed by atoms with Gasteiger partial charge in [0, 0.05) is 20.0 Å². The molecule has 2 atom stereocenters. The van der Waals surface area contributed by atoms with Gasteiger partial charge < -0.3 is 14.6 Å². The first kappa shape index (κ1) is 20.3. The van der Waals surface area contributed by atoms with Crippen molar-refractivity contribution < 1.29 is 22.4 Å². The van der Waals surface area contributed by atoms with E-state index in [1.54, 1.807) is 19.2 Å². The van der Waals surface area contributed by atoms with Crippen molar-refractivity contribution in [3.63, 3.8) is 0 Å². The minimum Gasteiger partial charge on any atom is -0.467 e. The predicted octanol–water partition coefficient (Wildman–Crippen LogP) is 5.06. The Labute approximate surface area is 175 Å². The van der Waals surface area contributed by atoms with Crippen molar-refractivity contribution in [1.82, 2.24) is 14.7 Å². The topological polar surface area (TPSA) is 63.3 Å². The molecular weight excluding hydrogens is 421 g/mol. The van der Waals surface area contributed by atoms with Gasteiger partial charge in [0.1, 0.15) is 16.6 Å². The molecule has 3 aromatic rings. The van der Waals surface area contributed by atoms with E-state index in [-0.39, 0.29) is 29.5 Å². The Morgan fingerprint density at radius 2 is 2.03 bits per heavy atom. The zero-order valence-electron chi connectivity index (χ0n) is 15.9. The SMILES string of the molecule is CN(Cc1ccccc1)C(=O)c1nn2c(c1Cl)N[C@H](c1ccco1)C[C@@H]2C(F)(F)F. The Morgan fingerprint density at radius 3 is 2.67 bits per heavy atom. The molecule has 0 saturated heterocycles. The maximum absolute atomic E-state index is 13.8. The van der Waals surface area contributed by atoms with Crippen LogP contribution in [0.2, 0.25) is 5.02 Å². The lowest BCUT2D eigenvalue weighted by molar-refractivity contribution is -0.174. The summed E-state index contributed by atoms with van der Waals surface area (Å²) in [4.78, 5) is 14.3. The van der Waals surface area contributed by atoms with Crippen molar-refractivity contribution in [2.75, 3.05) is 12.4 Å². The molecular formula is C20H18ClF3N4O2. The van der Waals surface area contributed by atoms with Crippen molar-refractivity contribution in [1.29, 1.82) is 0 Å². The number of halogens is 4. The highest BCUT2D eigenvalue weighted by molar-refractivity contribution is 6.36. The second-order valence-corrected chi connectivity index (χ2v) is 7.49. The molecule has 4 rings (SSSR count). The molecule has 1 amide bonds. The molecule has 10 heteroatoms. The number of hydrogen-bond acceptors (Lipinski definition) is 4. The summed E-state index contributed by atoms with van der Waals surface area (Å²) in [6.07, 6.45) is -3.52. The summed E-state index contributed by atoms with van der Waals surface area (Å²) in [6, 6.07) is 9.71. The molecule has 2 aromatic heterocycles. The molecule has 6 nitrogen and oxygen atoms in total. The molecule has 1 aliphatic heterocycles. The van der Waals surface area contributed by atoms with Crippen molar-refractivity contribution >= 4 is 23.3 Å². The van der Waals surface area contributed by atoms with E-state index in [4.69, 9.17) is 16.0 Å². The number of fused-ring (bicyclic) bond motifs is 1. The fourth-order valence-corrected chi connectivity index (χ4v) is 3.77. The third-order valence-electron chi connectivity index (χ3n) is 4.99. The minimum atomic E-state index is -4.58. The van der Waals surface area contributed by atoms with Gasteiger partial charge in [0.15, 0.2) is 11.7 Å². The van der Waals surface area contributed by atoms with Crippen LogP contribution in [0.5, 0.6) is 0 Å². The van der Waals surface area contributed by atoms with Crippen molar-refractivity contribution in [3.8, 4) is 0 Å². The number of nitrogens with one attached hydrogen (secondary N) is 1. The summed E-state index contributed by atoms with van der Waals surface area (Å²) in [7, 11) is 1.55. The largest absolute Gasteiger partial charge is 0.467 e. The standard InChI is InChI=1S/C20H18ClF3N4O2/c1-27(11-12-6-3-2-4-7-12)19(29)17-16(21)18-25-13(14-8-5-9-30-14)10-15(20(22,23)24)28(18)26-17/h2-9,13,15,25H,10-11H2,1H3/t13-,15+/m0/s1. The lowest BCUT2D eigenvalue weighted by Gasteiger charge is -2.32. The highest BCUT2D eigenvalue weighted by Crippen LogP contribution is 2.46. The number of aromatic nitrogens is 2. The molecule has 0 radical (unpaired) electrons. The normalized spacial score (nSPS) is 18.6. The molecule has 3 heterocycles. The molecule has 0 saturated carbocycles. The quantitative estimate of drug-likeness (QED) is 0.618. The zero-order valence-corrected chi connectivity index (χ0v) is 16.6. The number of furan rings is 1. The van der Waals surface area contributed by atoms with Crippen LogP contribution in [0.4, 0.5) is 19.0 Å². The molecule has 0 fully saturated rings. The third kappa shape index (κ3) is 3.77. The van der Waals surface area contributed by atoms with Gasteiger partial charge in [0.05, 0.1) is 12.3 Å². The van der Waals surface area contributed by atoms with Gasteiger partial charge in [-0.1, -0.05) is 41.9 Å². The van der Waals surface area contributed by atoms with Crippen LogP contribution in [0.25, 0.3) is 0 Å². The molecule has 0 spiro atoms. The van der Waals surface area contributed by atoms with Gasteiger partial charge in [0.2, 0.25) is 0 Å². The van der Waals surface area contributed by atoms with E-state index in [2.05, 4.69) is 10.4 Å². The number of benzene rings is 1. The van der Waals surface area contributed by atoms with Gasteiger partial charge in [-0.3, -0.25) is 4.79 Å². The molecule has 1 aromatic carbocycles. The van der Waals surface area contributed by atoms with Crippen LogP contribution in [0.3, 0.4) is 0 Å². The van der Waals surface area contributed by atoms with E-state index >= 15 is 0 Å². The Hall–Kier alpha value is -2.94. The predicted molar refractivity (Wildman–Crippen MR) is 104 cm³/mol. The highest BCUT2D eigenvalue weighted by Gasteiger charge is 2.48. The Kier molecular flexibility index (Phi) is 5.23. The highest BCUT2D eigenvalue weighted by atomic mass is 35.5. The van der Waals surface area contributed by atoms with E-state index in [1.165, 1.54) is 11.2 Å². The second-order valence-electron chi connectivity index (χ2n) is 7.11. The number of carbonyl (C=O) groups is 1. The van der Waals surface area contributed by atoms with Crippen LogP contribution in [0.1, 0.15) is 40.3 Å². The maximum atomic E-state index is 13.8. The molecule has 0 aliphatic carbocycles. The lowest BCUT2D eigenvalue weighted by atomic mass is 10.0. The smallest absolute Gasteiger partial charge is 0.410 e. The van der Waals surface area contributed by atoms with Gasteiger partial charge in [-0.15, -0.1) is 0 Å². The van der Waals surface area contributed by atoms with Crippen LogP contribution < -0.4 is 5.32 Å². The van der Waals surface area contributed by atoms with Crippen LogP contribution in [-0.2, 0) is 6.54 Å². The first-order chi connectivity index (χ1) is 14.3. The Balaban J connectivity index is 1.67. The average Bonchev–Trinajstić information content (AvgIpc) is 3.35. The summed E-state index contributed by atoms with van der Waals surface area (Å²) in [6.45, 7) is 0.267. The Bertz CT molecular complexity index is 1030. The summed E-state index contributed by atoms with van der Waals surface area (Å²) in [5.41, 5.74) is 0.643. The molecule has 0 unspecified atom stereocenters. The number of anilines is 1. The van der Waals surface area contributed by atoms with Crippen molar-refractivity contribution in [3.05, 3.63) is 70.8 Å².